The van der Waals surface area contributed by atoms with Gasteiger partial charge in [-0.05, 0) is 47.4 Å². The molecule has 0 atom stereocenters. The molecule has 0 radical (unpaired) electrons. The maximum Gasteiger partial charge on any atom is 0.322 e. The molecule has 1 heterocycles. The molecule has 1 amide bonds. The van der Waals surface area contributed by atoms with Crippen molar-refractivity contribution >= 4 is 28.3 Å². The van der Waals surface area contributed by atoms with Gasteiger partial charge in [0.25, 0.3) is 0 Å². The number of aliphatic carboxylic acids is 1. The Bertz CT molecular complexity index is 1060. The molecule has 1 aliphatic heterocycles. The zero-order chi connectivity index (χ0) is 21.7. The summed E-state index contributed by atoms with van der Waals surface area (Å²) >= 11 is 0. The number of nitrogens with zero attached hydrogens (tertiary/aromatic N) is 1. The first kappa shape index (κ1) is 20.9. The number of anilines is 1. The van der Waals surface area contributed by atoms with E-state index in [1.165, 1.54) is 16.3 Å². The number of carboxylic acid groups (broad SMARTS) is 1. The molecular weight excluding hydrogens is 390 g/mol. The van der Waals surface area contributed by atoms with Crippen molar-refractivity contribution in [3.8, 4) is 0 Å². The summed E-state index contributed by atoms with van der Waals surface area (Å²) < 4.78 is 0. The van der Waals surface area contributed by atoms with Crippen LogP contribution in [-0.4, -0.2) is 47.1 Å². The Hall–Kier alpha value is -3.38. The molecule has 0 bridgehead atoms. The average molecular weight is 418 g/mol. The molecule has 6 nitrogen and oxygen atoms in total. The number of hydrogen-bond acceptors (Lipinski definition) is 4. The number of carbonyl (C=O) groups excluding carboxylic acids is 1. The van der Waals surface area contributed by atoms with E-state index in [4.69, 9.17) is 5.11 Å². The van der Waals surface area contributed by atoms with Crippen LogP contribution in [0.3, 0.4) is 0 Å². The van der Waals surface area contributed by atoms with E-state index in [1.54, 1.807) is 0 Å². The number of hydrogen-bond donors (Lipinski definition) is 3. The maximum absolute atomic E-state index is 13.0. The molecule has 0 aliphatic carbocycles. The SMILES string of the molecule is O=C(O)CNC(=O)C1(Nc2ccccc2)CCN(Cc2ccc3ccccc3c2)CC1. The van der Waals surface area contributed by atoms with Crippen molar-refractivity contribution in [3.05, 3.63) is 78.4 Å². The molecular formula is C25H27N3O3. The summed E-state index contributed by atoms with van der Waals surface area (Å²) in [5.74, 6) is -1.30. The number of nitrogens with one attached hydrogen (secondary N) is 2. The van der Waals surface area contributed by atoms with Gasteiger partial charge in [-0.15, -0.1) is 0 Å². The molecule has 3 N–H and O–H groups in total. The van der Waals surface area contributed by atoms with Gasteiger partial charge in [-0.25, -0.2) is 0 Å². The van der Waals surface area contributed by atoms with E-state index < -0.39 is 11.5 Å². The van der Waals surface area contributed by atoms with E-state index in [1.807, 2.05) is 42.5 Å². The van der Waals surface area contributed by atoms with E-state index in [2.05, 4.69) is 45.9 Å². The Balaban J connectivity index is 1.46. The highest BCUT2D eigenvalue weighted by molar-refractivity contribution is 5.91. The molecule has 3 aromatic carbocycles. The normalized spacial score (nSPS) is 16.0. The highest BCUT2D eigenvalue weighted by Crippen LogP contribution is 2.29. The first-order chi connectivity index (χ1) is 15.0. The van der Waals surface area contributed by atoms with Crippen molar-refractivity contribution in [1.29, 1.82) is 0 Å². The van der Waals surface area contributed by atoms with Crippen molar-refractivity contribution < 1.29 is 14.7 Å². The fourth-order valence-electron chi connectivity index (χ4n) is 4.22. The number of rotatable bonds is 7. The van der Waals surface area contributed by atoms with E-state index in [0.29, 0.717) is 12.8 Å². The van der Waals surface area contributed by atoms with Gasteiger partial charge in [0.1, 0.15) is 12.1 Å². The Labute approximate surface area is 181 Å². The number of carbonyl (C=O) groups is 2. The third kappa shape index (κ3) is 5.03. The van der Waals surface area contributed by atoms with Gasteiger partial charge in [-0.2, -0.15) is 0 Å². The summed E-state index contributed by atoms with van der Waals surface area (Å²) in [6.45, 7) is 1.93. The lowest BCUT2D eigenvalue weighted by Gasteiger charge is -2.41. The van der Waals surface area contributed by atoms with Crippen molar-refractivity contribution in [1.82, 2.24) is 10.2 Å². The number of likely N-dealkylation sites (tertiary alicyclic amines) is 1. The van der Waals surface area contributed by atoms with E-state index >= 15 is 0 Å². The van der Waals surface area contributed by atoms with Crippen LogP contribution < -0.4 is 10.6 Å². The van der Waals surface area contributed by atoms with Crippen LogP contribution in [-0.2, 0) is 16.1 Å². The number of amides is 1. The largest absolute Gasteiger partial charge is 0.480 e. The van der Waals surface area contributed by atoms with Crippen molar-refractivity contribution in [2.45, 2.75) is 24.9 Å². The molecule has 0 saturated carbocycles. The quantitative estimate of drug-likeness (QED) is 0.548. The Morgan fingerprint density at radius 1 is 0.903 bits per heavy atom. The lowest BCUT2D eigenvalue weighted by molar-refractivity contribution is -0.139. The lowest BCUT2D eigenvalue weighted by Crippen LogP contribution is -2.58. The van der Waals surface area contributed by atoms with Crippen molar-refractivity contribution in [3.63, 3.8) is 0 Å². The zero-order valence-electron chi connectivity index (χ0n) is 17.4. The van der Waals surface area contributed by atoms with Crippen LogP contribution in [0.1, 0.15) is 18.4 Å². The van der Waals surface area contributed by atoms with Crippen LogP contribution in [0.2, 0.25) is 0 Å². The summed E-state index contributed by atoms with van der Waals surface area (Å²) in [6.07, 6.45) is 1.20. The molecule has 1 aliphatic rings. The highest BCUT2D eigenvalue weighted by Gasteiger charge is 2.41. The van der Waals surface area contributed by atoms with Crippen LogP contribution in [0.5, 0.6) is 0 Å². The molecule has 1 fully saturated rings. The molecule has 31 heavy (non-hydrogen) atoms. The number of piperidine rings is 1. The summed E-state index contributed by atoms with van der Waals surface area (Å²) in [7, 11) is 0. The summed E-state index contributed by atoms with van der Waals surface area (Å²) in [4.78, 5) is 26.3. The first-order valence-electron chi connectivity index (χ1n) is 10.6. The molecule has 1 saturated heterocycles. The van der Waals surface area contributed by atoms with Crippen LogP contribution >= 0.6 is 0 Å². The smallest absolute Gasteiger partial charge is 0.322 e. The van der Waals surface area contributed by atoms with Gasteiger partial charge in [-0.3, -0.25) is 14.5 Å². The second-order valence-electron chi connectivity index (χ2n) is 8.11. The third-order valence-electron chi connectivity index (χ3n) is 5.92. The second kappa shape index (κ2) is 9.18. The van der Waals surface area contributed by atoms with Gasteiger partial charge < -0.3 is 15.7 Å². The van der Waals surface area contributed by atoms with E-state index in [9.17, 15) is 9.59 Å². The Morgan fingerprint density at radius 2 is 1.58 bits per heavy atom. The zero-order valence-corrected chi connectivity index (χ0v) is 17.4. The number of para-hydroxylation sites is 1. The van der Waals surface area contributed by atoms with Crippen molar-refractivity contribution in [2.75, 3.05) is 25.0 Å². The fraction of sp³-hybridized carbons (Fsp3) is 0.280. The predicted molar refractivity (Wildman–Crippen MR) is 122 cm³/mol. The topological polar surface area (TPSA) is 81.7 Å². The van der Waals surface area contributed by atoms with E-state index in [-0.39, 0.29) is 12.5 Å². The monoisotopic (exact) mass is 417 g/mol. The van der Waals surface area contributed by atoms with Gasteiger partial charge in [0, 0.05) is 25.3 Å². The fourth-order valence-corrected chi connectivity index (χ4v) is 4.22. The second-order valence-corrected chi connectivity index (χ2v) is 8.11. The Morgan fingerprint density at radius 3 is 2.29 bits per heavy atom. The molecule has 6 heteroatoms. The van der Waals surface area contributed by atoms with Crippen LogP contribution in [0.25, 0.3) is 10.8 Å². The molecule has 4 rings (SSSR count). The molecule has 0 aromatic heterocycles. The van der Waals surface area contributed by atoms with Crippen LogP contribution in [0, 0.1) is 0 Å². The molecule has 160 valence electrons. The molecule has 0 unspecified atom stereocenters. The minimum absolute atomic E-state index is 0.260. The van der Waals surface area contributed by atoms with Gasteiger partial charge >= 0.3 is 5.97 Å². The minimum atomic E-state index is -1.04. The predicted octanol–water partition coefficient (Wildman–Crippen LogP) is 3.49. The lowest BCUT2D eigenvalue weighted by atomic mass is 9.85. The number of carboxylic acids is 1. The molecule has 3 aromatic rings. The van der Waals surface area contributed by atoms with Crippen LogP contribution in [0.15, 0.2) is 72.8 Å². The van der Waals surface area contributed by atoms with Gasteiger partial charge in [0.2, 0.25) is 5.91 Å². The van der Waals surface area contributed by atoms with Gasteiger partial charge in [0.05, 0.1) is 0 Å². The maximum atomic E-state index is 13.0. The standard InChI is InChI=1S/C25H27N3O3/c29-23(30)17-26-24(31)25(27-22-8-2-1-3-9-22)12-14-28(15-13-25)18-19-10-11-20-6-4-5-7-21(20)16-19/h1-11,16,27H,12-15,17-18H2,(H,26,31)(H,29,30). The summed E-state index contributed by atoms with van der Waals surface area (Å²) in [5, 5.41) is 17.4. The average Bonchev–Trinajstić information content (AvgIpc) is 2.79. The van der Waals surface area contributed by atoms with Crippen molar-refractivity contribution in [2.24, 2.45) is 0 Å². The van der Waals surface area contributed by atoms with Gasteiger partial charge in [0.15, 0.2) is 0 Å². The summed E-state index contributed by atoms with van der Waals surface area (Å²) in [6, 6.07) is 24.5. The minimum Gasteiger partial charge on any atom is -0.480 e. The highest BCUT2D eigenvalue weighted by atomic mass is 16.4. The molecule has 0 spiro atoms. The Kier molecular flexibility index (Phi) is 6.18. The first-order valence-corrected chi connectivity index (χ1v) is 10.6. The summed E-state index contributed by atoms with van der Waals surface area (Å²) in [5.41, 5.74) is 1.28. The number of fused-ring (bicyclic) bond motifs is 1. The van der Waals surface area contributed by atoms with E-state index in [0.717, 1.165) is 25.3 Å². The van der Waals surface area contributed by atoms with Crippen LogP contribution in [0.4, 0.5) is 5.69 Å². The number of benzene rings is 3. The third-order valence-corrected chi connectivity index (χ3v) is 5.92. The van der Waals surface area contributed by atoms with Gasteiger partial charge in [-0.1, -0.05) is 54.6 Å².